The van der Waals surface area contributed by atoms with Gasteiger partial charge in [0.15, 0.2) is 0 Å². The van der Waals surface area contributed by atoms with E-state index in [1.54, 1.807) is 6.07 Å². The van der Waals surface area contributed by atoms with Gasteiger partial charge < -0.3 is 10.4 Å². The van der Waals surface area contributed by atoms with Crippen LogP contribution >= 0.6 is 39.1 Å². The molecule has 0 aliphatic rings. The van der Waals surface area contributed by atoms with Gasteiger partial charge in [-0.05, 0) is 46.6 Å². The molecule has 0 unspecified atom stereocenters. The maximum absolute atomic E-state index is 11.0. The van der Waals surface area contributed by atoms with E-state index < -0.39 is 5.97 Å². The molecule has 0 saturated carbocycles. The van der Waals surface area contributed by atoms with Crippen LogP contribution in [0.3, 0.4) is 0 Å². The molecule has 1 aromatic heterocycles. The number of pyridine rings is 1. The predicted octanol–water partition coefficient (Wildman–Crippen LogP) is 4.90. The van der Waals surface area contributed by atoms with Gasteiger partial charge in [-0.25, -0.2) is 9.78 Å². The number of halogens is 3. The number of hydrogen-bond acceptors (Lipinski definition) is 3. The Bertz CT molecular complexity index is 692. The molecule has 1 heterocycles. The normalized spacial score (nSPS) is 10.4. The van der Waals surface area contributed by atoms with Gasteiger partial charge in [-0.2, -0.15) is 0 Å². The Morgan fingerprint density at radius 1 is 1.30 bits per heavy atom. The van der Waals surface area contributed by atoms with E-state index in [0.29, 0.717) is 16.5 Å². The summed E-state index contributed by atoms with van der Waals surface area (Å²) in [6.07, 6.45) is 1.29. The summed E-state index contributed by atoms with van der Waals surface area (Å²) < 4.78 is 0.799. The van der Waals surface area contributed by atoms with Crippen LogP contribution in [0.1, 0.15) is 15.9 Å². The molecule has 0 atom stereocenters. The van der Waals surface area contributed by atoms with E-state index in [1.165, 1.54) is 12.3 Å². The third-order valence-electron chi connectivity index (χ3n) is 2.60. The van der Waals surface area contributed by atoms with Crippen LogP contribution in [0.4, 0.5) is 11.5 Å². The maximum atomic E-state index is 11.0. The van der Waals surface area contributed by atoms with E-state index in [1.807, 2.05) is 13.0 Å². The van der Waals surface area contributed by atoms with Crippen LogP contribution in [0, 0.1) is 6.92 Å². The molecule has 0 spiro atoms. The van der Waals surface area contributed by atoms with Gasteiger partial charge in [-0.3, -0.25) is 0 Å². The number of nitrogens with one attached hydrogen (secondary N) is 1. The third-order valence-corrected chi connectivity index (χ3v) is 3.96. The minimum absolute atomic E-state index is 0.0153. The second-order valence-electron chi connectivity index (χ2n) is 4.06. The summed E-state index contributed by atoms with van der Waals surface area (Å²) in [6.45, 7) is 1.89. The Morgan fingerprint density at radius 3 is 2.65 bits per heavy atom. The fourth-order valence-electron chi connectivity index (χ4n) is 1.55. The summed E-state index contributed by atoms with van der Waals surface area (Å²) in [5.41, 5.74) is 1.60. The van der Waals surface area contributed by atoms with Gasteiger partial charge in [0.2, 0.25) is 0 Å². The lowest BCUT2D eigenvalue weighted by Gasteiger charge is -2.10. The van der Waals surface area contributed by atoms with Crippen LogP contribution in [0.2, 0.25) is 10.0 Å². The molecule has 0 radical (unpaired) electrons. The van der Waals surface area contributed by atoms with Crippen molar-refractivity contribution in [1.82, 2.24) is 4.98 Å². The molecular formula is C13H9BrCl2N2O2. The molecule has 0 aliphatic heterocycles. The topological polar surface area (TPSA) is 62.2 Å². The zero-order chi connectivity index (χ0) is 14.9. The van der Waals surface area contributed by atoms with E-state index in [9.17, 15) is 4.79 Å². The SMILES string of the molecule is Cc1cc(Br)c(Nc2cc(C(=O)O)c(Cl)cn2)cc1Cl. The Hall–Kier alpha value is -1.30. The first-order chi connectivity index (χ1) is 9.38. The van der Waals surface area contributed by atoms with Crippen LogP contribution in [-0.4, -0.2) is 16.1 Å². The lowest BCUT2D eigenvalue weighted by molar-refractivity contribution is 0.0697. The average Bonchev–Trinajstić information content (AvgIpc) is 2.37. The largest absolute Gasteiger partial charge is 0.478 e. The van der Waals surface area contributed by atoms with Gasteiger partial charge in [0.05, 0.1) is 16.3 Å². The first-order valence-corrected chi connectivity index (χ1v) is 7.05. The minimum Gasteiger partial charge on any atom is -0.478 e. The monoisotopic (exact) mass is 374 g/mol. The number of carboxylic acid groups (broad SMARTS) is 1. The number of carboxylic acids is 1. The van der Waals surface area contributed by atoms with Gasteiger partial charge in [0.1, 0.15) is 5.82 Å². The summed E-state index contributed by atoms with van der Waals surface area (Å²) >= 11 is 15.2. The second-order valence-corrected chi connectivity index (χ2v) is 5.73. The van der Waals surface area contributed by atoms with E-state index in [-0.39, 0.29) is 10.6 Å². The highest BCUT2D eigenvalue weighted by molar-refractivity contribution is 9.10. The lowest BCUT2D eigenvalue weighted by atomic mass is 10.2. The fourth-order valence-corrected chi connectivity index (χ4v) is 2.46. The zero-order valence-corrected chi connectivity index (χ0v) is 13.3. The molecule has 104 valence electrons. The number of aromatic nitrogens is 1. The van der Waals surface area contributed by atoms with Crippen molar-refractivity contribution >= 4 is 56.6 Å². The number of aromatic carboxylic acids is 1. The Kier molecular flexibility index (Phi) is 4.52. The van der Waals surface area contributed by atoms with Crippen molar-refractivity contribution in [3.8, 4) is 0 Å². The molecule has 0 amide bonds. The molecule has 1 aromatic carbocycles. The van der Waals surface area contributed by atoms with Gasteiger partial charge >= 0.3 is 5.97 Å². The van der Waals surface area contributed by atoms with Crippen molar-refractivity contribution in [2.75, 3.05) is 5.32 Å². The summed E-state index contributed by atoms with van der Waals surface area (Å²) in [5, 5.41) is 12.7. The van der Waals surface area contributed by atoms with Crippen molar-refractivity contribution in [3.05, 3.63) is 50.0 Å². The van der Waals surface area contributed by atoms with E-state index in [2.05, 4.69) is 26.2 Å². The highest BCUT2D eigenvalue weighted by Gasteiger charge is 2.12. The van der Waals surface area contributed by atoms with Gasteiger partial charge in [0, 0.05) is 15.7 Å². The second kappa shape index (κ2) is 5.99. The average molecular weight is 376 g/mol. The predicted molar refractivity (Wildman–Crippen MR) is 83.4 cm³/mol. The van der Waals surface area contributed by atoms with Crippen molar-refractivity contribution in [2.24, 2.45) is 0 Å². The van der Waals surface area contributed by atoms with Gasteiger partial charge in [-0.1, -0.05) is 23.2 Å². The fraction of sp³-hybridized carbons (Fsp3) is 0.0769. The quantitative estimate of drug-likeness (QED) is 0.800. The molecule has 0 bridgehead atoms. The Labute approximate surface area is 133 Å². The number of aryl methyl sites for hydroxylation is 1. The minimum atomic E-state index is -1.11. The molecular weight excluding hydrogens is 367 g/mol. The van der Waals surface area contributed by atoms with Crippen LogP contribution in [0.25, 0.3) is 0 Å². The summed E-state index contributed by atoms with van der Waals surface area (Å²) in [4.78, 5) is 15.1. The summed E-state index contributed by atoms with van der Waals surface area (Å²) in [7, 11) is 0. The standard InChI is InChI=1S/C13H9BrCl2N2O2/c1-6-2-8(14)11(4-9(6)15)18-12-3-7(13(19)20)10(16)5-17-12/h2-5H,1H3,(H,17,18)(H,19,20). The molecule has 0 aliphatic carbocycles. The van der Waals surface area contributed by atoms with Gasteiger partial charge in [0.25, 0.3) is 0 Å². The maximum Gasteiger partial charge on any atom is 0.337 e. The number of rotatable bonds is 3. The highest BCUT2D eigenvalue weighted by Crippen LogP contribution is 2.31. The van der Waals surface area contributed by atoms with Crippen molar-refractivity contribution in [1.29, 1.82) is 0 Å². The van der Waals surface area contributed by atoms with Crippen LogP contribution < -0.4 is 5.32 Å². The number of nitrogens with zero attached hydrogens (tertiary/aromatic N) is 1. The number of benzene rings is 1. The molecule has 0 saturated heterocycles. The first kappa shape index (κ1) is 15.1. The highest BCUT2D eigenvalue weighted by atomic mass is 79.9. The smallest absolute Gasteiger partial charge is 0.337 e. The molecule has 2 rings (SSSR count). The van der Waals surface area contributed by atoms with Crippen molar-refractivity contribution < 1.29 is 9.90 Å². The molecule has 2 aromatic rings. The molecule has 20 heavy (non-hydrogen) atoms. The molecule has 0 fully saturated rings. The van der Waals surface area contributed by atoms with Gasteiger partial charge in [-0.15, -0.1) is 0 Å². The van der Waals surface area contributed by atoms with E-state index in [4.69, 9.17) is 28.3 Å². The van der Waals surface area contributed by atoms with E-state index >= 15 is 0 Å². The Morgan fingerprint density at radius 2 is 2.00 bits per heavy atom. The number of carbonyl (C=O) groups is 1. The van der Waals surface area contributed by atoms with Crippen molar-refractivity contribution in [3.63, 3.8) is 0 Å². The Balaban J connectivity index is 2.38. The summed E-state index contributed by atoms with van der Waals surface area (Å²) in [6, 6.07) is 4.96. The molecule has 2 N–H and O–H groups in total. The number of anilines is 2. The summed E-state index contributed by atoms with van der Waals surface area (Å²) in [5.74, 6) is -0.742. The number of hydrogen-bond donors (Lipinski definition) is 2. The first-order valence-electron chi connectivity index (χ1n) is 5.50. The molecule has 7 heteroatoms. The lowest BCUT2D eigenvalue weighted by Crippen LogP contribution is -2.01. The van der Waals surface area contributed by atoms with Crippen molar-refractivity contribution in [2.45, 2.75) is 6.92 Å². The molecule has 4 nitrogen and oxygen atoms in total. The van der Waals surface area contributed by atoms with E-state index in [0.717, 1.165) is 10.0 Å². The zero-order valence-electron chi connectivity index (χ0n) is 10.2. The van der Waals surface area contributed by atoms with Crippen LogP contribution in [0.5, 0.6) is 0 Å². The van der Waals surface area contributed by atoms with Crippen LogP contribution in [0.15, 0.2) is 28.9 Å². The third kappa shape index (κ3) is 3.23. The van der Waals surface area contributed by atoms with Crippen LogP contribution in [-0.2, 0) is 0 Å².